The van der Waals surface area contributed by atoms with E-state index in [9.17, 15) is 38.4 Å². The van der Waals surface area contributed by atoms with Crippen LogP contribution < -0.4 is 14.8 Å². The number of carbonyl (C=O) groups excluding carboxylic acids is 7. The third-order valence-electron chi connectivity index (χ3n) is 14.4. The number of rotatable bonds is 19. The maximum atomic E-state index is 11.8. The quantitative estimate of drug-likeness (QED) is 0.0329. The van der Waals surface area contributed by atoms with Crippen LogP contribution in [-0.4, -0.2) is 211 Å². The number of amides is 1. The number of methoxy groups -OCH3 is 8. The number of esters is 6. The summed E-state index contributed by atoms with van der Waals surface area (Å²) in [6.07, 6.45) is 8.55. The molecule has 26 nitrogen and oxygen atoms in total. The van der Waals surface area contributed by atoms with Crippen LogP contribution in [0.2, 0.25) is 0 Å². The number of alkyl halides is 2. The van der Waals surface area contributed by atoms with Crippen molar-refractivity contribution in [1.29, 1.82) is 0 Å². The van der Waals surface area contributed by atoms with Gasteiger partial charge in [0.05, 0.1) is 120 Å². The third kappa shape index (κ3) is 26.3. The van der Waals surface area contributed by atoms with E-state index in [1.165, 1.54) is 49.1 Å². The number of nitrogens with zero attached hydrogens (tertiary/aromatic N) is 6. The highest BCUT2D eigenvalue weighted by atomic mass is 79.9. The molecular formula is C72H87Br2N7O19. The molecule has 2 N–H and O–H groups in total. The van der Waals surface area contributed by atoms with Crippen LogP contribution in [0.15, 0.2) is 140 Å². The first-order valence-corrected chi connectivity index (χ1v) is 33.4. The number of fused-ring (bicyclic) bond motifs is 2. The Bertz CT molecular complexity index is 3740. The van der Waals surface area contributed by atoms with Gasteiger partial charge in [-0.25, -0.2) is 33.3 Å². The predicted octanol–water partition coefficient (Wildman–Crippen LogP) is 9.91. The van der Waals surface area contributed by atoms with Crippen LogP contribution in [0.5, 0.6) is 11.8 Å². The fourth-order valence-electron chi connectivity index (χ4n) is 9.29. The zero-order valence-electron chi connectivity index (χ0n) is 58.2. The van der Waals surface area contributed by atoms with Crippen LogP contribution in [0.3, 0.4) is 0 Å². The molecule has 0 aliphatic carbocycles. The summed E-state index contributed by atoms with van der Waals surface area (Å²) in [6.45, 7) is 4.28. The summed E-state index contributed by atoms with van der Waals surface area (Å²) < 4.78 is 52.5. The van der Waals surface area contributed by atoms with Gasteiger partial charge >= 0.3 is 41.8 Å². The van der Waals surface area contributed by atoms with Crippen LogP contribution in [0.1, 0.15) is 93.7 Å². The number of halogens is 2. The Hall–Kier alpha value is -9.58. The van der Waals surface area contributed by atoms with Crippen LogP contribution >= 0.6 is 31.9 Å². The number of carboxylic acids is 1. The molecule has 100 heavy (non-hydrogen) atoms. The molecule has 0 saturated heterocycles. The number of ether oxygens (including phenoxy) is 10. The molecule has 538 valence electrons. The van der Waals surface area contributed by atoms with E-state index < -0.39 is 11.9 Å². The van der Waals surface area contributed by atoms with E-state index in [0.29, 0.717) is 47.5 Å². The first-order valence-electron chi connectivity index (χ1n) is 31.1. The number of likely N-dealkylation sites (N-methyl/N-ethyl adjacent to an activating group) is 1. The first-order chi connectivity index (χ1) is 48.1. The summed E-state index contributed by atoms with van der Waals surface area (Å²) in [5.74, 6) is -1.89. The maximum absolute atomic E-state index is 11.8. The van der Waals surface area contributed by atoms with E-state index in [2.05, 4.69) is 71.1 Å². The van der Waals surface area contributed by atoms with Gasteiger partial charge in [0.1, 0.15) is 0 Å². The summed E-state index contributed by atoms with van der Waals surface area (Å²) >= 11 is 6.56. The van der Waals surface area contributed by atoms with Crippen molar-refractivity contribution < 1.29 is 90.8 Å². The Morgan fingerprint density at radius 1 is 0.550 bits per heavy atom. The molecule has 5 heterocycles. The van der Waals surface area contributed by atoms with E-state index in [1.807, 2.05) is 65.6 Å². The number of aryl methyl sites for hydroxylation is 2. The van der Waals surface area contributed by atoms with Crippen LogP contribution in [0.25, 0.3) is 27.8 Å². The second-order valence-corrected chi connectivity index (χ2v) is 23.4. The second kappa shape index (κ2) is 44.4. The zero-order chi connectivity index (χ0) is 73.7. The van der Waals surface area contributed by atoms with Gasteiger partial charge in [0.25, 0.3) is 5.91 Å². The SMILES string of the molecule is BrCCCBr.COC(=O)Cc1ccc(C(=O)OC)cc1.COC(=O)c1ccc(-c2cnn3c2OCCC3)cc1.COC(=O)c1ccc(C(CN(C)C)C(=O)OC)cc1.COC(=O)c1ccc(C2=CCNC2=O)cc1.COC(OC)N(C)C.O=C(O)c1ccc(-c2cnn3c2OCCC3)cc1. The number of aromatic nitrogens is 4. The minimum atomic E-state index is -0.921. The monoisotopic (exact) mass is 1510 g/mol. The van der Waals surface area contributed by atoms with Gasteiger partial charge in [0, 0.05) is 69.5 Å². The van der Waals surface area contributed by atoms with Gasteiger partial charge in [-0.15, -0.1) is 0 Å². The molecule has 7 aromatic rings. The number of carboxylic acid groups (broad SMARTS) is 1. The molecule has 0 radical (unpaired) electrons. The minimum Gasteiger partial charge on any atom is -0.478 e. The lowest BCUT2D eigenvalue weighted by atomic mass is 9.97. The first kappa shape index (κ1) is 82.8. The Kier molecular flexibility index (Phi) is 36.8. The summed E-state index contributed by atoms with van der Waals surface area (Å²) in [6, 6.07) is 34.2. The molecule has 1 amide bonds. The Morgan fingerprint density at radius 3 is 1.27 bits per heavy atom. The molecule has 2 aromatic heterocycles. The van der Waals surface area contributed by atoms with Gasteiger partial charge < -0.3 is 62.7 Å². The van der Waals surface area contributed by atoms with Gasteiger partial charge in [-0.1, -0.05) is 98.6 Å². The molecule has 28 heteroatoms. The Labute approximate surface area is 598 Å². The molecule has 3 aliphatic rings. The minimum absolute atomic E-state index is 0.0779. The Balaban J connectivity index is 0.000000254. The van der Waals surface area contributed by atoms with Gasteiger partial charge in [-0.3, -0.25) is 19.3 Å². The predicted molar refractivity (Wildman–Crippen MR) is 381 cm³/mol. The lowest BCUT2D eigenvalue weighted by Gasteiger charge is -2.19. The summed E-state index contributed by atoms with van der Waals surface area (Å²) in [5.41, 5.74) is 9.05. The number of carbonyl (C=O) groups is 8. The van der Waals surface area contributed by atoms with E-state index in [1.54, 1.807) is 136 Å². The summed E-state index contributed by atoms with van der Waals surface area (Å²) in [4.78, 5) is 93.6. The van der Waals surface area contributed by atoms with Gasteiger partial charge in [0.2, 0.25) is 18.2 Å². The summed E-state index contributed by atoms with van der Waals surface area (Å²) in [5, 5.41) is 22.3. The molecule has 5 aromatic carbocycles. The summed E-state index contributed by atoms with van der Waals surface area (Å²) in [7, 11) is 18.8. The van der Waals surface area contributed by atoms with Crippen molar-refractivity contribution in [2.45, 2.75) is 51.1 Å². The van der Waals surface area contributed by atoms with Crippen LogP contribution in [0.4, 0.5) is 0 Å². The van der Waals surface area contributed by atoms with Crippen LogP contribution in [0, 0.1) is 0 Å². The maximum Gasteiger partial charge on any atom is 0.337 e. The lowest BCUT2D eigenvalue weighted by Crippen LogP contribution is -2.30. The molecule has 10 rings (SSSR count). The topological polar surface area (TPSA) is 303 Å². The second-order valence-electron chi connectivity index (χ2n) is 21.8. The van der Waals surface area contributed by atoms with Crippen molar-refractivity contribution in [3.8, 4) is 34.0 Å². The van der Waals surface area contributed by atoms with Crippen molar-refractivity contribution in [2.75, 3.05) is 122 Å². The molecule has 3 aliphatic heterocycles. The van der Waals surface area contributed by atoms with Gasteiger partial charge in [0.15, 0.2) is 0 Å². The average Bonchev–Trinajstić information content (AvgIpc) is 1.66. The zero-order valence-corrected chi connectivity index (χ0v) is 61.3. The number of aromatic carboxylic acids is 1. The van der Waals surface area contributed by atoms with Crippen molar-refractivity contribution in [3.63, 3.8) is 0 Å². The number of hydrogen-bond acceptors (Lipinski definition) is 22. The lowest BCUT2D eigenvalue weighted by molar-refractivity contribution is -0.179. The molecule has 1 atom stereocenters. The molecule has 0 bridgehead atoms. The average molecular weight is 1510 g/mol. The highest BCUT2D eigenvalue weighted by Gasteiger charge is 2.24. The number of hydrogen-bond donors (Lipinski definition) is 2. The van der Waals surface area contributed by atoms with E-state index >= 15 is 0 Å². The van der Waals surface area contributed by atoms with Crippen molar-refractivity contribution in [3.05, 3.63) is 184 Å². The van der Waals surface area contributed by atoms with Crippen molar-refractivity contribution >= 4 is 85.1 Å². The van der Waals surface area contributed by atoms with Gasteiger partial charge in [-0.2, -0.15) is 10.2 Å². The highest BCUT2D eigenvalue weighted by Crippen LogP contribution is 2.34. The van der Waals surface area contributed by atoms with E-state index in [4.69, 9.17) is 28.8 Å². The van der Waals surface area contributed by atoms with Gasteiger partial charge in [-0.05, 0) is 123 Å². The molecule has 0 saturated carbocycles. The standard InChI is InChI=1S/C14H14N2O3.C14H19NO4.C13H12N2O3.C12H11NO3.C11H12O4.C5H13NO2.C3H6Br2/c1-18-14(17)11-5-3-10(4-6-11)12-9-15-16-7-2-8-19-13(12)16;1-15(2)9-12(14(17)19-4)10-5-7-11(8-6-10)13(16)18-3;16-13(17)10-4-2-9(3-5-10)11-8-14-15-6-1-7-18-12(11)15;1-16-12(15)9-4-2-8(3-5-9)10-6-7-13-11(10)14;1-14-10(12)7-8-3-5-9(6-4-8)11(13)15-2;1-6(2)5(7-3)8-4;4-2-1-3-5/h3-6,9H,2,7-8H2,1H3;5-8,12H,9H2,1-4H3;2-5,8H,1,6-7H2,(H,16,17);2-6H,7H2,1H3,(H,13,14);3-6H,7H2,1-2H3;5H,1-4H3;1-3H2. The van der Waals surface area contributed by atoms with Crippen LogP contribution in [-0.2, 0) is 71.8 Å². The fraction of sp³-hybridized carbons (Fsp3) is 0.361. The molecule has 0 spiro atoms. The van der Waals surface area contributed by atoms with Crippen molar-refractivity contribution in [1.82, 2.24) is 34.7 Å². The van der Waals surface area contributed by atoms with E-state index in [0.717, 1.165) is 93.9 Å². The highest BCUT2D eigenvalue weighted by molar-refractivity contribution is 9.09. The Morgan fingerprint density at radius 2 is 0.950 bits per heavy atom. The normalized spacial score (nSPS) is 12.4. The fourth-order valence-corrected chi connectivity index (χ4v) is 10.6. The van der Waals surface area contributed by atoms with Crippen molar-refractivity contribution in [2.24, 2.45) is 0 Å². The van der Waals surface area contributed by atoms with E-state index in [-0.39, 0.29) is 60.1 Å². The number of benzene rings is 5. The molecular weight excluding hydrogens is 1430 g/mol. The molecule has 1 unspecified atom stereocenters. The largest absolute Gasteiger partial charge is 0.478 e. The number of nitrogens with one attached hydrogen (secondary N) is 1. The third-order valence-corrected chi connectivity index (χ3v) is 15.5. The molecule has 0 fully saturated rings. The smallest absolute Gasteiger partial charge is 0.337 e.